The lowest BCUT2D eigenvalue weighted by Gasteiger charge is -2.33. The lowest BCUT2D eigenvalue weighted by molar-refractivity contribution is -0.137. The molecular weight excluding hydrogens is 471 g/mol. The highest BCUT2D eigenvalue weighted by Gasteiger charge is 2.31. The van der Waals surface area contributed by atoms with Crippen molar-refractivity contribution in [2.45, 2.75) is 51.3 Å². The SMILES string of the molecule is CC(C)(C)OC(=O)N1CCC[C@@H](c2nc(Nc3ccc(C(F)(F)F)cc3)cc(-c3ccncc3)n2)C1. The maximum atomic E-state index is 12.9. The van der Waals surface area contributed by atoms with Gasteiger partial charge in [-0.25, -0.2) is 14.8 Å². The second-order valence-electron chi connectivity index (χ2n) is 9.70. The molecule has 3 heterocycles. The van der Waals surface area contributed by atoms with Crippen LogP contribution in [-0.4, -0.2) is 44.6 Å². The number of anilines is 2. The fourth-order valence-corrected chi connectivity index (χ4v) is 3.95. The molecule has 0 bridgehead atoms. The van der Waals surface area contributed by atoms with E-state index < -0.39 is 17.3 Å². The summed E-state index contributed by atoms with van der Waals surface area (Å²) in [6, 6.07) is 10.2. The summed E-state index contributed by atoms with van der Waals surface area (Å²) < 4.78 is 44.4. The third-order valence-electron chi connectivity index (χ3n) is 5.64. The average Bonchev–Trinajstić information content (AvgIpc) is 2.83. The molecule has 1 aliphatic heterocycles. The molecule has 36 heavy (non-hydrogen) atoms. The number of likely N-dealkylation sites (tertiary alicyclic amines) is 1. The van der Waals surface area contributed by atoms with Crippen molar-refractivity contribution < 1.29 is 22.7 Å². The van der Waals surface area contributed by atoms with Crippen molar-refractivity contribution in [3.63, 3.8) is 0 Å². The van der Waals surface area contributed by atoms with Crippen molar-refractivity contribution in [2.75, 3.05) is 18.4 Å². The third kappa shape index (κ3) is 6.50. The van der Waals surface area contributed by atoms with Gasteiger partial charge >= 0.3 is 12.3 Å². The number of halogens is 3. The van der Waals surface area contributed by atoms with Gasteiger partial charge in [-0.2, -0.15) is 13.2 Å². The van der Waals surface area contributed by atoms with E-state index in [9.17, 15) is 18.0 Å². The topological polar surface area (TPSA) is 80.2 Å². The first-order valence-corrected chi connectivity index (χ1v) is 11.7. The first-order valence-electron chi connectivity index (χ1n) is 11.7. The van der Waals surface area contributed by atoms with E-state index >= 15 is 0 Å². The zero-order chi connectivity index (χ0) is 25.9. The second kappa shape index (κ2) is 10.1. The Labute approximate surface area is 207 Å². The van der Waals surface area contributed by atoms with Crippen LogP contribution in [0.3, 0.4) is 0 Å². The summed E-state index contributed by atoms with van der Waals surface area (Å²) in [7, 11) is 0. The molecule has 1 fully saturated rings. The van der Waals surface area contributed by atoms with Gasteiger partial charge in [0.05, 0.1) is 11.3 Å². The number of hydrogen-bond acceptors (Lipinski definition) is 6. The van der Waals surface area contributed by atoms with Crippen LogP contribution >= 0.6 is 0 Å². The Morgan fingerprint density at radius 2 is 1.75 bits per heavy atom. The van der Waals surface area contributed by atoms with Gasteiger partial charge in [0.25, 0.3) is 0 Å². The quantitative estimate of drug-likeness (QED) is 0.447. The number of aromatic nitrogens is 3. The third-order valence-corrected chi connectivity index (χ3v) is 5.64. The Morgan fingerprint density at radius 3 is 2.39 bits per heavy atom. The van der Waals surface area contributed by atoms with Gasteiger partial charge in [0.2, 0.25) is 0 Å². The van der Waals surface area contributed by atoms with Gasteiger partial charge in [0, 0.05) is 48.7 Å². The molecule has 1 amide bonds. The molecule has 0 spiro atoms. The molecule has 0 radical (unpaired) electrons. The van der Waals surface area contributed by atoms with E-state index in [1.165, 1.54) is 12.1 Å². The smallest absolute Gasteiger partial charge is 0.416 e. The van der Waals surface area contributed by atoms with Gasteiger partial charge in [-0.3, -0.25) is 4.98 Å². The average molecular weight is 500 g/mol. The molecule has 10 heteroatoms. The minimum Gasteiger partial charge on any atom is -0.444 e. The molecule has 1 aromatic carbocycles. The van der Waals surface area contributed by atoms with Crippen molar-refractivity contribution in [2.24, 2.45) is 0 Å². The van der Waals surface area contributed by atoms with E-state index in [1.54, 1.807) is 23.4 Å². The normalized spacial score (nSPS) is 16.5. The molecule has 1 aliphatic rings. The molecule has 2 aromatic heterocycles. The van der Waals surface area contributed by atoms with Crippen LogP contribution in [0.5, 0.6) is 0 Å². The molecule has 190 valence electrons. The summed E-state index contributed by atoms with van der Waals surface area (Å²) in [6.45, 7) is 6.48. The number of carbonyl (C=O) groups excluding carboxylic acids is 1. The zero-order valence-electron chi connectivity index (χ0n) is 20.3. The van der Waals surface area contributed by atoms with Crippen LogP contribution in [-0.2, 0) is 10.9 Å². The summed E-state index contributed by atoms with van der Waals surface area (Å²) in [5.41, 5.74) is 0.612. The van der Waals surface area contributed by atoms with E-state index in [4.69, 9.17) is 9.72 Å². The van der Waals surface area contributed by atoms with Crippen LogP contribution in [0.25, 0.3) is 11.3 Å². The van der Waals surface area contributed by atoms with Crippen LogP contribution in [0.1, 0.15) is 50.9 Å². The van der Waals surface area contributed by atoms with E-state index in [1.807, 2.05) is 32.9 Å². The zero-order valence-corrected chi connectivity index (χ0v) is 20.3. The van der Waals surface area contributed by atoms with Gasteiger partial charge in [-0.05, 0) is 70.0 Å². The molecule has 7 nitrogen and oxygen atoms in total. The first kappa shape index (κ1) is 25.4. The van der Waals surface area contributed by atoms with Crippen LogP contribution < -0.4 is 5.32 Å². The number of amides is 1. The Kier molecular flexibility index (Phi) is 7.14. The number of nitrogens with zero attached hydrogens (tertiary/aromatic N) is 4. The second-order valence-corrected chi connectivity index (χ2v) is 9.70. The standard InChI is InChI=1S/C26H28F3N5O2/c1-25(2,3)36-24(35)34-14-4-5-18(16-34)23-32-21(17-10-12-30-13-11-17)15-22(33-23)31-20-8-6-19(7-9-20)26(27,28)29/h6-13,15,18H,4-5,14,16H2,1-3H3,(H,31,32,33)/t18-/m1/s1. The molecule has 0 aliphatic carbocycles. The molecule has 1 saturated heterocycles. The summed E-state index contributed by atoms with van der Waals surface area (Å²) in [4.78, 5) is 27.8. The largest absolute Gasteiger partial charge is 0.444 e. The van der Waals surface area contributed by atoms with Crippen LogP contribution in [0.15, 0.2) is 54.9 Å². The van der Waals surface area contributed by atoms with Crippen molar-refractivity contribution in [3.8, 4) is 11.3 Å². The van der Waals surface area contributed by atoms with Gasteiger partial charge in [-0.15, -0.1) is 0 Å². The summed E-state index contributed by atoms with van der Waals surface area (Å²) in [5.74, 6) is 0.870. The van der Waals surface area contributed by atoms with Gasteiger partial charge in [0.1, 0.15) is 17.2 Å². The lowest BCUT2D eigenvalue weighted by atomic mass is 9.97. The van der Waals surface area contributed by atoms with E-state index in [0.29, 0.717) is 36.1 Å². The molecule has 4 rings (SSSR count). The number of benzene rings is 1. The Morgan fingerprint density at radius 1 is 1.06 bits per heavy atom. The maximum Gasteiger partial charge on any atom is 0.416 e. The minimum atomic E-state index is -4.41. The monoisotopic (exact) mass is 499 g/mol. The highest BCUT2D eigenvalue weighted by atomic mass is 19.4. The van der Waals surface area contributed by atoms with Crippen molar-refractivity contribution in [1.29, 1.82) is 0 Å². The molecular formula is C26H28F3N5O2. The van der Waals surface area contributed by atoms with Gasteiger partial charge in [0.15, 0.2) is 0 Å². The predicted molar refractivity (Wildman–Crippen MR) is 130 cm³/mol. The van der Waals surface area contributed by atoms with Crippen LogP contribution in [0, 0.1) is 0 Å². The minimum absolute atomic E-state index is 0.124. The summed E-state index contributed by atoms with van der Waals surface area (Å²) >= 11 is 0. The number of nitrogens with one attached hydrogen (secondary N) is 1. The molecule has 0 unspecified atom stereocenters. The number of pyridine rings is 1. The van der Waals surface area contributed by atoms with E-state index in [0.717, 1.165) is 30.5 Å². The fraction of sp³-hybridized carbons (Fsp3) is 0.385. The Hall–Kier alpha value is -3.69. The Balaban J connectivity index is 1.62. The molecule has 0 saturated carbocycles. The number of hydrogen-bond donors (Lipinski definition) is 1. The number of carbonyl (C=O) groups is 1. The first-order chi connectivity index (χ1) is 17.0. The maximum absolute atomic E-state index is 12.9. The van der Waals surface area contributed by atoms with E-state index in [-0.39, 0.29) is 12.0 Å². The molecule has 1 N–H and O–H groups in total. The van der Waals surface area contributed by atoms with Crippen molar-refractivity contribution in [3.05, 3.63) is 66.2 Å². The van der Waals surface area contributed by atoms with Gasteiger partial charge in [-0.1, -0.05) is 0 Å². The highest BCUT2D eigenvalue weighted by molar-refractivity contribution is 5.68. The number of ether oxygens (including phenoxy) is 1. The van der Waals surface area contributed by atoms with Crippen LogP contribution in [0.2, 0.25) is 0 Å². The van der Waals surface area contributed by atoms with Crippen molar-refractivity contribution >= 4 is 17.6 Å². The number of piperidine rings is 1. The fourth-order valence-electron chi connectivity index (χ4n) is 3.95. The number of rotatable bonds is 4. The number of alkyl halides is 3. The highest BCUT2D eigenvalue weighted by Crippen LogP contribution is 2.32. The lowest BCUT2D eigenvalue weighted by Crippen LogP contribution is -2.42. The summed E-state index contributed by atoms with van der Waals surface area (Å²) in [6.07, 6.45) is 0.0970. The molecule has 3 aromatic rings. The van der Waals surface area contributed by atoms with Crippen LogP contribution in [0.4, 0.5) is 29.5 Å². The summed E-state index contributed by atoms with van der Waals surface area (Å²) in [5, 5.41) is 3.10. The van der Waals surface area contributed by atoms with Crippen molar-refractivity contribution in [1.82, 2.24) is 19.9 Å². The predicted octanol–water partition coefficient (Wildman–Crippen LogP) is 6.42. The van der Waals surface area contributed by atoms with Gasteiger partial charge < -0.3 is 15.0 Å². The Bertz CT molecular complexity index is 1190. The molecule has 1 atom stereocenters. The van der Waals surface area contributed by atoms with E-state index in [2.05, 4.69) is 15.3 Å².